The Bertz CT molecular complexity index is 2750. The number of halogens is 1. The molecular formula is C51H80ClN17O9S4. The van der Waals surface area contributed by atoms with Crippen molar-refractivity contribution in [1.82, 2.24) is 62.5 Å². The molecule has 1 unspecified atom stereocenters. The molecule has 31 heteroatoms. The van der Waals surface area contributed by atoms with Gasteiger partial charge in [0.2, 0.25) is 29.5 Å². The van der Waals surface area contributed by atoms with Crippen molar-refractivity contribution in [3.8, 4) is 10.7 Å². The number of hydrogen-bond acceptors (Lipinski definition) is 22. The number of nitrogens with zero attached hydrogens (tertiary/aromatic N) is 4. The molecule has 0 saturated carbocycles. The summed E-state index contributed by atoms with van der Waals surface area (Å²) in [6, 6.07) is -2.14. The third kappa shape index (κ3) is 22.8. The van der Waals surface area contributed by atoms with Gasteiger partial charge in [-0.05, 0) is 89.1 Å². The van der Waals surface area contributed by atoms with Gasteiger partial charge in [0.15, 0.2) is 0 Å². The maximum Gasteiger partial charge on any atom is 0.271 e. The first-order chi connectivity index (χ1) is 39.0. The van der Waals surface area contributed by atoms with E-state index >= 15 is 0 Å². The van der Waals surface area contributed by atoms with Gasteiger partial charge in [-0.1, -0.05) is 38.4 Å². The lowest BCUT2D eigenvalue weighted by Crippen LogP contribution is -2.58. The van der Waals surface area contributed by atoms with Gasteiger partial charge in [-0.15, -0.1) is 34.0 Å². The molecule has 8 atom stereocenters. The molecule has 0 radical (unpaired) electrons. The highest BCUT2D eigenvalue weighted by molar-refractivity contribution is 7.84. The van der Waals surface area contributed by atoms with Crippen LogP contribution < -0.4 is 71.2 Å². The molecule has 0 bridgehead atoms. The molecule has 82 heavy (non-hydrogen) atoms. The largest absolute Gasteiger partial charge is 0.390 e. The van der Waals surface area contributed by atoms with Crippen LogP contribution in [0.1, 0.15) is 108 Å². The fourth-order valence-electron chi connectivity index (χ4n) is 8.02. The van der Waals surface area contributed by atoms with Crippen molar-refractivity contribution >= 4 is 104 Å². The summed E-state index contributed by atoms with van der Waals surface area (Å²) in [5, 5.41) is 39.9. The van der Waals surface area contributed by atoms with Crippen molar-refractivity contribution < 1.29 is 42.9 Å². The molecule has 26 nitrogen and oxygen atoms in total. The molecule has 0 aliphatic heterocycles. The van der Waals surface area contributed by atoms with E-state index in [1.54, 1.807) is 36.7 Å². The number of thiophene rings is 1. The molecule has 4 rings (SSSR count). The van der Waals surface area contributed by atoms with Gasteiger partial charge in [-0.2, -0.15) is 0 Å². The van der Waals surface area contributed by atoms with Crippen LogP contribution in [0.25, 0.3) is 10.7 Å². The summed E-state index contributed by atoms with van der Waals surface area (Å²) in [4.78, 5) is 111. The molecule has 454 valence electrons. The van der Waals surface area contributed by atoms with Crippen LogP contribution in [0.15, 0.2) is 22.9 Å². The van der Waals surface area contributed by atoms with Crippen LogP contribution >= 0.6 is 45.6 Å². The predicted octanol–water partition coefficient (Wildman–Crippen LogP) is -0.500. The Labute approximate surface area is 497 Å². The van der Waals surface area contributed by atoms with Gasteiger partial charge in [0.05, 0.1) is 35.2 Å². The number of carbonyl (C=O) groups is 7. The van der Waals surface area contributed by atoms with Gasteiger partial charge in [0.25, 0.3) is 11.8 Å². The maximum atomic E-state index is 14.3. The zero-order valence-corrected chi connectivity index (χ0v) is 50.9. The number of rotatable bonds is 39. The van der Waals surface area contributed by atoms with E-state index in [9.17, 15) is 42.9 Å². The van der Waals surface area contributed by atoms with Gasteiger partial charge in [-0.25, -0.2) is 19.9 Å². The fraction of sp³-hybridized carbons (Fsp3) is 0.588. The van der Waals surface area contributed by atoms with E-state index in [1.807, 2.05) is 0 Å². The summed E-state index contributed by atoms with van der Waals surface area (Å²) in [6.07, 6.45) is 3.69. The van der Waals surface area contributed by atoms with E-state index in [0.717, 1.165) is 56.7 Å². The van der Waals surface area contributed by atoms with Crippen LogP contribution in [-0.2, 0) is 47.6 Å². The van der Waals surface area contributed by atoms with Gasteiger partial charge in [0.1, 0.15) is 50.2 Å². The molecule has 19 N–H and O–H groups in total. The van der Waals surface area contributed by atoms with Crippen molar-refractivity contribution in [3.63, 3.8) is 0 Å². The number of unbranched alkanes of at least 4 members (excludes halogenated alkanes) is 1. The number of primary amides is 2. The van der Waals surface area contributed by atoms with Gasteiger partial charge in [0, 0.05) is 77.5 Å². The van der Waals surface area contributed by atoms with E-state index in [1.165, 1.54) is 54.1 Å². The number of nitrogen functional groups attached to an aromatic ring is 1. The third-order valence-electron chi connectivity index (χ3n) is 12.9. The molecule has 4 aromatic heterocycles. The van der Waals surface area contributed by atoms with Crippen molar-refractivity contribution in [3.05, 3.63) is 59.9 Å². The Hall–Kier alpha value is -5.67. The van der Waals surface area contributed by atoms with Crippen LogP contribution in [0.2, 0.25) is 4.34 Å². The van der Waals surface area contributed by atoms with Crippen LogP contribution in [0.3, 0.4) is 0 Å². The number of anilines is 1. The van der Waals surface area contributed by atoms with E-state index in [2.05, 4.69) is 62.5 Å². The number of nitrogens with two attached hydrogens (primary N) is 5. The number of thiazole rings is 2. The maximum absolute atomic E-state index is 14.3. The second-order valence-corrected chi connectivity index (χ2v) is 25.0. The van der Waals surface area contributed by atoms with Crippen LogP contribution in [-0.4, -0.2) is 165 Å². The lowest BCUT2D eigenvalue weighted by Gasteiger charge is -2.33. The summed E-state index contributed by atoms with van der Waals surface area (Å²) in [5.74, 6) is -6.59. The average molecular weight is 1240 g/mol. The Morgan fingerprint density at radius 3 is 2.15 bits per heavy atom. The van der Waals surface area contributed by atoms with Crippen LogP contribution in [0.4, 0.5) is 5.82 Å². The number of aliphatic hydroxyl groups is 1. The second kappa shape index (κ2) is 35.5. The molecule has 0 fully saturated rings. The first kappa shape index (κ1) is 68.8. The summed E-state index contributed by atoms with van der Waals surface area (Å²) in [6.45, 7) is 11.0. The highest BCUT2D eigenvalue weighted by Gasteiger charge is 2.37. The van der Waals surface area contributed by atoms with E-state index in [0.29, 0.717) is 33.1 Å². The summed E-state index contributed by atoms with van der Waals surface area (Å²) in [5.41, 5.74) is 28.9. The highest BCUT2D eigenvalue weighted by Crippen LogP contribution is 2.34. The minimum absolute atomic E-state index is 0.00137. The van der Waals surface area contributed by atoms with Crippen LogP contribution in [0.5, 0.6) is 0 Å². The van der Waals surface area contributed by atoms with Crippen molar-refractivity contribution in [2.24, 2.45) is 34.8 Å². The van der Waals surface area contributed by atoms with E-state index in [-0.39, 0.29) is 79.0 Å². The first-order valence-corrected chi connectivity index (χ1v) is 31.6. The predicted molar refractivity (Wildman–Crippen MR) is 320 cm³/mol. The number of carbonyl (C=O) groups excluding carboxylic acids is 7. The molecule has 4 aromatic rings. The standard InChI is InChI=1S/C51H80ClN17O9S4/c1-27(2)38(68-49(76)34(23-30-11-8-21-79-30)64-50(77)39-28(3)43(56)69-45(67-39)33(24-36(55)70)62-25-31(54)44(57)72)41(71)29(4)46(73)63-32(13-22-82(5)78)47(74)61-20-12-37-66-40(42(52)81-37)51-65-35(26-80-51)48(75)60-19-10-18-59-16-7-6-15-58-17-9-14-53/h8,11,21,26-27,29,31-34,38,41,58-59,62,71H,6-7,9-10,12-20,22-25,53-54H2,1-5H3,(H2,55,70)(H2,57,72)(H,60,75)(H,61,74)(H,63,73)(H,64,77)(H,68,76)(H2,56,67,69)/t29-,31-,32-,33-,34-,38+,41-,82?/m0/s1. The summed E-state index contributed by atoms with van der Waals surface area (Å²) in [7, 11) is -1.33. The Morgan fingerprint density at radius 2 is 1.51 bits per heavy atom. The van der Waals surface area contributed by atoms with Crippen LogP contribution in [0, 0.1) is 18.8 Å². The SMILES string of the molecule is Cc1c(N)nc([C@H](CC(N)=O)NC[C@H](N)C(N)=O)nc1C(=O)N[C@@H](Cc1cccs1)C(=O)N[C@H](C(C)C)[C@@H](O)[C@H](C)C(=O)N[C@@H](CCS(C)=O)C(=O)NCCc1nc(-c2nc(C(=O)NCCCNCCCCNCCCN)cs2)c(Cl)s1. The second-order valence-electron chi connectivity index (χ2n) is 19.8. The molecule has 0 saturated heterocycles. The molecule has 4 heterocycles. The lowest BCUT2D eigenvalue weighted by atomic mass is 9.89. The van der Waals surface area contributed by atoms with Gasteiger partial charge < -0.3 is 76.3 Å². The summed E-state index contributed by atoms with van der Waals surface area (Å²) < 4.78 is 12.6. The first-order valence-electron chi connectivity index (χ1n) is 26.9. The molecule has 0 aliphatic rings. The van der Waals surface area contributed by atoms with E-state index in [4.69, 9.17) is 40.3 Å². The number of aliphatic hydroxyl groups excluding tert-OH is 1. The number of hydrogen-bond donors (Lipinski definition) is 14. The van der Waals surface area contributed by atoms with Crippen molar-refractivity contribution in [1.29, 1.82) is 0 Å². The number of nitrogens with one attached hydrogen (secondary N) is 8. The molecule has 0 aromatic carbocycles. The smallest absolute Gasteiger partial charge is 0.271 e. The quantitative estimate of drug-likeness (QED) is 0.0250. The normalized spacial score (nSPS) is 14.4. The summed E-state index contributed by atoms with van der Waals surface area (Å²) >= 11 is 10.4. The number of aromatic nitrogens is 4. The molecule has 0 spiro atoms. The van der Waals surface area contributed by atoms with E-state index < -0.39 is 94.4 Å². The minimum Gasteiger partial charge on any atom is -0.390 e. The monoisotopic (exact) mass is 1240 g/mol. The molecule has 7 amide bonds. The Kier molecular flexibility index (Phi) is 29.8. The lowest BCUT2D eigenvalue weighted by molar-refractivity contribution is -0.135. The van der Waals surface area contributed by atoms with Gasteiger partial charge >= 0.3 is 0 Å². The third-order valence-corrected chi connectivity index (χ3v) is 16.7. The topological polar surface area (TPSA) is 435 Å². The van der Waals surface area contributed by atoms with Crippen molar-refractivity contribution in [2.75, 3.05) is 70.1 Å². The fourth-order valence-corrected chi connectivity index (χ4v) is 11.4. The Balaban J connectivity index is 1.37. The zero-order valence-electron chi connectivity index (χ0n) is 46.8. The minimum atomic E-state index is -1.52. The molecule has 0 aliphatic carbocycles. The number of amides is 7. The average Bonchev–Trinajstić information content (AvgIpc) is 4.29. The van der Waals surface area contributed by atoms with Gasteiger partial charge in [-0.3, -0.25) is 37.8 Å². The Morgan fingerprint density at radius 1 is 0.817 bits per heavy atom. The molecular weight excluding hydrogens is 1160 g/mol. The zero-order chi connectivity index (χ0) is 60.5. The van der Waals surface area contributed by atoms with Crippen molar-refractivity contribution in [2.45, 2.75) is 115 Å². The highest BCUT2D eigenvalue weighted by atomic mass is 35.5.